The summed E-state index contributed by atoms with van der Waals surface area (Å²) in [5.74, 6) is 1.12. The van der Waals surface area contributed by atoms with Crippen LogP contribution in [0.15, 0.2) is 6.07 Å². The summed E-state index contributed by atoms with van der Waals surface area (Å²) in [5.41, 5.74) is 3.31. The van der Waals surface area contributed by atoms with Crippen molar-refractivity contribution in [3.8, 4) is 6.07 Å². The predicted molar refractivity (Wildman–Crippen MR) is 74.5 cm³/mol. The van der Waals surface area contributed by atoms with Gasteiger partial charge in [-0.1, -0.05) is 0 Å². The highest BCUT2D eigenvalue weighted by atomic mass is 32.2. The summed E-state index contributed by atoms with van der Waals surface area (Å²) in [7, 11) is 0. The molecule has 1 rings (SSSR count). The van der Waals surface area contributed by atoms with Crippen molar-refractivity contribution in [3.05, 3.63) is 23.0 Å². The van der Waals surface area contributed by atoms with Gasteiger partial charge < -0.3 is 5.32 Å². The molecule has 92 valence electrons. The molecule has 0 saturated carbocycles. The second-order valence-corrected chi connectivity index (χ2v) is 5.20. The van der Waals surface area contributed by atoms with Gasteiger partial charge >= 0.3 is 0 Å². The molecule has 0 aliphatic heterocycles. The predicted octanol–water partition coefficient (Wildman–Crippen LogP) is 3.12. The fourth-order valence-electron chi connectivity index (χ4n) is 1.72. The average molecular weight is 249 g/mol. The van der Waals surface area contributed by atoms with Crippen LogP contribution in [0.1, 0.15) is 30.3 Å². The number of hydrogen-bond donors (Lipinski definition) is 1. The summed E-state index contributed by atoms with van der Waals surface area (Å²) in [5, 5.41) is 12.5. The van der Waals surface area contributed by atoms with Crippen molar-refractivity contribution in [2.45, 2.75) is 33.2 Å². The van der Waals surface area contributed by atoms with Gasteiger partial charge in [-0.25, -0.2) is 0 Å². The zero-order chi connectivity index (χ0) is 12.8. The van der Waals surface area contributed by atoms with Crippen molar-refractivity contribution in [2.75, 3.05) is 17.3 Å². The maximum Gasteiger partial charge on any atom is 0.103 e. The van der Waals surface area contributed by atoms with Gasteiger partial charge in [0.05, 0.1) is 16.9 Å². The lowest BCUT2D eigenvalue weighted by Crippen LogP contribution is -2.17. The van der Waals surface area contributed by atoms with Crippen LogP contribution in [-0.4, -0.2) is 23.0 Å². The van der Waals surface area contributed by atoms with Gasteiger partial charge in [0.1, 0.15) is 6.07 Å². The Morgan fingerprint density at radius 1 is 1.53 bits per heavy atom. The number of aromatic nitrogens is 1. The van der Waals surface area contributed by atoms with E-state index < -0.39 is 0 Å². The molecular weight excluding hydrogens is 230 g/mol. The SMILES string of the molecule is CSCCC(C)Nc1cc(C)nc(C)c1C#N. The summed E-state index contributed by atoms with van der Waals surface area (Å²) < 4.78 is 0. The van der Waals surface area contributed by atoms with E-state index in [1.54, 1.807) is 0 Å². The normalized spacial score (nSPS) is 11.9. The van der Waals surface area contributed by atoms with E-state index in [-0.39, 0.29) is 0 Å². The van der Waals surface area contributed by atoms with Gasteiger partial charge in [-0.2, -0.15) is 17.0 Å². The molecule has 1 unspecified atom stereocenters. The minimum Gasteiger partial charge on any atom is -0.381 e. The molecule has 1 heterocycles. The second-order valence-electron chi connectivity index (χ2n) is 4.21. The maximum atomic E-state index is 9.15. The largest absolute Gasteiger partial charge is 0.381 e. The van der Waals surface area contributed by atoms with Crippen molar-refractivity contribution < 1.29 is 0 Å². The number of nitrogens with zero attached hydrogens (tertiary/aromatic N) is 2. The number of pyridine rings is 1. The summed E-state index contributed by atoms with van der Waals surface area (Å²) in [6.45, 7) is 5.97. The molecule has 4 heteroatoms. The third kappa shape index (κ3) is 3.94. The third-order valence-electron chi connectivity index (χ3n) is 2.60. The smallest absolute Gasteiger partial charge is 0.103 e. The minimum absolute atomic E-state index is 0.371. The first kappa shape index (κ1) is 13.9. The van der Waals surface area contributed by atoms with E-state index in [4.69, 9.17) is 5.26 Å². The van der Waals surface area contributed by atoms with Crippen LogP contribution >= 0.6 is 11.8 Å². The zero-order valence-corrected chi connectivity index (χ0v) is 11.7. The highest BCUT2D eigenvalue weighted by Gasteiger charge is 2.10. The van der Waals surface area contributed by atoms with E-state index in [9.17, 15) is 0 Å². The Morgan fingerprint density at radius 3 is 2.82 bits per heavy atom. The Morgan fingerprint density at radius 2 is 2.24 bits per heavy atom. The van der Waals surface area contributed by atoms with E-state index in [2.05, 4.69) is 29.5 Å². The van der Waals surface area contributed by atoms with Crippen LogP contribution in [0.4, 0.5) is 5.69 Å². The highest BCUT2D eigenvalue weighted by molar-refractivity contribution is 7.98. The topological polar surface area (TPSA) is 48.7 Å². The molecule has 3 nitrogen and oxygen atoms in total. The first-order chi connectivity index (χ1) is 8.08. The molecule has 17 heavy (non-hydrogen) atoms. The van der Waals surface area contributed by atoms with Crippen molar-refractivity contribution in [2.24, 2.45) is 0 Å². The molecule has 0 radical (unpaired) electrons. The average Bonchev–Trinajstić information content (AvgIpc) is 2.25. The minimum atomic E-state index is 0.371. The van der Waals surface area contributed by atoms with E-state index >= 15 is 0 Å². The first-order valence-corrected chi connectivity index (χ1v) is 7.11. The Labute approximate surface area is 108 Å². The number of nitriles is 1. The Kier molecular flexibility index (Phi) is 5.30. The lowest BCUT2D eigenvalue weighted by atomic mass is 10.1. The lowest BCUT2D eigenvalue weighted by Gasteiger charge is -2.17. The molecule has 0 spiro atoms. The summed E-state index contributed by atoms with van der Waals surface area (Å²) in [4.78, 5) is 4.31. The fraction of sp³-hybridized carbons (Fsp3) is 0.538. The van der Waals surface area contributed by atoms with Gasteiger partial charge in [0.2, 0.25) is 0 Å². The van der Waals surface area contributed by atoms with Crippen molar-refractivity contribution in [1.82, 2.24) is 4.98 Å². The number of nitrogens with one attached hydrogen (secondary N) is 1. The molecule has 0 aliphatic carbocycles. The number of rotatable bonds is 5. The molecular formula is C13H19N3S. The standard InChI is InChI=1S/C13H19N3S/c1-9(5-6-17-4)16-13-7-10(2)15-11(3)12(13)8-14/h7,9H,5-6H2,1-4H3,(H,15,16). The van der Waals surface area contributed by atoms with Crippen molar-refractivity contribution >= 4 is 17.4 Å². The quantitative estimate of drug-likeness (QED) is 0.871. The van der Waals surface area contributed by atoms with Crippen LogP contribution in [0.25, 0.3) is 0 Å². The van der Waals surface area contributed by atoms with Gasteiger partial charge in [-0.15, -0.1) is 0 Å². The monoisotopic (exact) mass is 249 g/mol. The summed E-state index contributed by atoms with van der Waals surface area (Å²) >= 11 is 1.84. The Balaban J connectivity index is 2.86. The maximum absolute atomic E-state index is 9.15. The van der Waals surface area contributed by atoms with E-state index in [0.717, 1.165) is 29.2 Å². The molecule has 1 aromatic heterocycles. The number of anilines is 1. The molecule has 0 aliphatic rings. The van der Waals surface area contributed by atoms with Gasteiger partial charge in [0, 0.05) is 11.7 Å². The molecule has 0 aromatic carbocycles. The van der Waals surface area contributed by atoms with Crippen molar-refractivity contribution in [3.63, 3.8) is 0 Å². The third-order valence-corrected chi connectivity index (χ3v) is 3.24. The van der Waals surface area contributed by atoms with Crippen LogP contribution in [-0.2, 0) is 0 Å². The molecule has 0 saturated heterocycles. The van der Waals surface area contributed by atoms with Crippen LogP contribution in [0.2, 0.25) is 0 Å². The van der Waals surface area contributed by atoms with Crippen LogP contribution in [0.3, 0.4) is 0 Å². The van der Waals surface area contributed by atoms with Crippen LogP contribution in [0.5, 0.6) is 0 Å². The first-order valence-electron chi connectivity index (χ1n) is 5.72. The zero-order valence-electron chi connectivity index (χ0n) is 10.9. The van der Waals surface area contributed by atoms with Crippen molar-refractivity contribution in [1.29, 1.82) is 5.26 Å². The van der Waals surface area contributed by atoms with Gasteiger partial charge in [-0.3, -0.25) is 4.98 Å². The fourth-order valence-corrected chi connectivity index (χ4v) is 2.31. The highest BCUT2D eigenvalue weighted by Crippen LogP contribution is 2.20. The number of aryl methyl sites for hydroxylation is 2. The Hall–Kier alpha value is -1.21. The van der Waals surface area contributed by atoms with Gasteiger partial charge in [0.25, 0.3) is 0 Å². The molecule has 1 N–H and O–H groups in total. The molecule has 0 fully saturated rings. The summed E-state index contributed by atoms with van der Waals surface area (Å²) in [6, 6.07) is 4.54. The van der Waals surface area contributed by atoms with Gasteiger partial charge in [-0.05, 0) is 45.3 Å². The lowest BCUT2D eigenvalue weighted by molar-refractivity contribution is 0.770. The second kappa shape index (κ2) is 6.51. The summed E-state index contributed by atoms with van der Waals surface area (Å²) in [6.07, 6.45) is 3.20. The molecule has 1 atom stereocenters. The van der Waals surface area contributed by atoms with E-state index in [0.29, 0.717) is 11.6 Å². The number of hydrogen-bond acceptors (Lipinski definition) is 4. The molecule has 0 bridgehead atoms. The van der Waals surface area contributed by atoms with Crippen LogP contribution < -0.4 is 5.32 Å². The van der Waals surface area contributed by atoms with Crippen LogP contribution in [0, 0.1) is 25.2 Å². The Bertz CT molecular complexity index is 423. The van der Waals surface area contributed by atoms with E-state index in [1.165, 1.54) is 0 Å². The van der Waals surface area contributed by atoms with Gasteiger partial charge in [0.15, 0.2) is 0 Å². The molecule has 0 amide bonds. The molecule has 1 aromatic rings. The number of thioether (sulfide) groups is 1. The van der Waals surface area contributed by atoms with E-state index in [1.807, 2.05) is 31.7 Å².